The zero-order chi connectivity index (χ0) is 35.9. The lowest BCUT2D eigenvalue weighted by Crippen LogP contribution is -2.09. The Kier molecular flexibility index (Phi) is 10.7. The van der Waals surface area contributed by atoms with Gasteiger partial charge in [0.2, 0.25) is 23.1 Å². The molecule has 0 saturated carbocycles. The number of aliphatic hydroxyl groups is 1. The van der Waals surface area contributed by atoms with Gasteiger partial charge in [0.25, 0.3) is 0 Å². The van der Waals surface area contributed by atoms with Gasteiger partial charge in [-0.15, -0.1) is 30.7 Å². The van der Waals surface area contributed by atoms with Crippen molar-refractivity contribution in [2.45, 2.75) is 52.4 Å². The predicted molar refractivity (Wildman–Crippen MR) is 175 cm³/mol. The van der Waals surface area contributed by atoms with Gasteiger partial charge in [-0.2, -0.15) is 19.6 Å². The number of Topliss-reactive ketones (excluding diaryl/α,β-unsaturated/α-hetero) is 1. The van der Waals surface area contributed by atoms with Gasteiger partial charge in [0.15, 0.2) is 40.3 Å². The van der Waals surface area contributed by atoms with Crippen LogP contribution in [0.15, 0.2) is 32.9 Å². The number of esters is 1. The summed E-state index contributed by atoms with van der Waals surface area (Å²) >= 11 is 0. The Balaban J connectivity index is 1.55. The van der Waals surface area contributed by atoms with Gasteiger partial charge in [0.1, 0.15) is 12.9 Å². The van der Waals surface area contributed by atoms with E-state index in [4.69, 9.17) is 21.3 Å². The van der Waals surface area contributed by atoms with Gasteiger partial charge in [0, 0.05) is 20.2 Å². The molecule has 0 fully saturated rings. The van der Waals surface area contributed by atoms with Gasteiger partial charge in [0.05, 0.1) is 18.5 Å². The topological polar surface area (TPSA) is 288 Å². The third-order valence-corrected chi connectivity index (χ3v) is 7.41. The van der Waals surface area contributed by atoms with Crippen LogP contribution < -0.4 is 11.5 Å². The van der Waals surface area contributed by atoms with Gasteiger partial charge in [-0.3, -0.25) is 4.79 Å². The number of nitrogen functional groups attached to an aromatic ring is 2. The summed E-state index contributed by atoms with van der Waals surface area (Å²) in [6, 6.07) is 1.59. The largest absolute Gasteiger partial charge is 0.464 e. The SMILES string of the molecule is CCCCc1nn(-c2cc(-n3nc(CCCC)c(/N=N/c4c(C(=O)OC)nnn4C)c3N)ncn2)c(N)c1/N=N/c1c(C(=O)CO)nnn1C. The number of carbonyl (C=O) groups excluding carboxylic acids is 2. The van der Waals surface area contributed by atoms with E-state index in [2.05, 4.69) is 56.1 Å². The molecule has 0 aromatic carbocycles. The zero-order valence-electron chi connectivity index (χ0n) is 28.1. The van der Waals surface area contributed by atoms with Crippen LogP contribution in [-0.2, 0) is 31.7 Å². The summed E-state index contributed by atoms with van der Waals surface area (Å²) in [6.45, 7) is 3.32. The average molecular weight is 689 g/mol. The highest BCUT2D eigenvalue weighted by Gasteiger charge is 2.24. The van der Waals surface area contributed by atoms with E-state index in [1.165, 1.54) is 32.2 Å². The van der Waals surface area contributed by atoms with E-state index in [0.717, 1.165) is 25.7 Å². The molecule has 22 heteroatoms. The fourth-order valence-corrected chi connectivity index (χ4v) is 4.71. The molecule has 50 heavy (non-hydrogen) atoms. The smallest absolute Gasteiger partial charge is 0.362 e. The number of azo groups is 2. The van der Waals surface area contributed by atoms with E-state index in [9.17, 15) is 14.7 Å². The number of aromatic nitrogens is 12. The molecular weight excluding hydrogens is 652 g/mol. The van der Waals surface area contributed by atoms with Gasteiger partial charge in [-0.05, 0) is 25.7 Å². The summed E-state index contributed by atoms with van der Waals surface area (Å²) in [4.78, 5) is 33.1. The van der Waals surface area contributed by atoms with Crippen LogP contribution in [0.5, 0.6) is 0 Å². The number of methoxy groups -OCH3 is 1. The lowest BCUT2D eigenvalue weighted by atomic mass is 10.2. The number of anilines is 2. The standard InChI is InChI=1S/C28H36N18O4/c1-6-8-10-15-20(33-37-26-22(17(48)13-47)35-41-43(26)3)24(29)45(39-15)18-12-19(32-14-31-18)46-25(30)21(16(40-46)11-9-7-2)34-38-27-23(28(49)50-5)36-42-44(27)4/h12,14,47H,6-11,13,29-30H2,1-5H3/b37-33+,38-34+. The molecule has 22 nitrogen and oxygen atoms in total. The molecule has 0 radical (unpaired) electrons. The number of rotatable bonds is 15. The second kappa shape index (κ2) is 15.3. The molecule has 5 N–H and O–H groups in total. The molecule has 0 bridgehead atoms. The number of nitrogens with two attached hydrogens (primary N) is 2. The number of hydrogen-bond acceptors (Lipinski definition) is 18. The number of hydrogen-bond donors (Lipinski definition) is 3. The molecule has 262 valence electrons. The molecule has 5 heterocycles. The Morgan fingerprint density at radius 3 is 1.74 bits per heavy atom. The van der Waals surface area contributed by atoms with Gasteiger partial charge in [-0.1, -0.05) is 37.1 Å². The second-order valence-corrected chi connectivity index (χ2v) is 10.9. The molecule has 5 rings (SSSR count). The fourth-order valence-electron chi connectivity index (χ4n) is 4.71. The van der Waals surface area contributed by atoms with Crippen LogP contribution in [0, 0.1) is 0 Å². The molecule has 0 aliphatic carbocycles. The maximum Gasteiger partial charge on any atom is 0.362 e. The minimum Gasteiger partial charge on any atom is -0.464 e. The Labute approximate surface area is 284 Å². The summed E-state index contributed by atoms with van der Waals surface area (Å²) < 4.78 is 10.1. The number of ether oxygens (including phenoxy) is 1. The summed E-state index contributed by atoms with van der Waals surface area (Å²) in [5.41, 5.74) is 14.6. The van der Waals surface area contributed by atoms with Crippen LogP contribution in [0.4, 0.5) is 34.6 Å². The Hall–Kier alpha value is -6.32. The second-order valence-electron chi connectivity index (χ2n) is 10.9. The van der Waals surface area contributed by atoms with Crippen molar-refractivity contribution in [1.29, 1.82) is 0 Å². The van der Waals surface area contributed by atoms with Crippen molar-refractivity contribution in [1.82, 2.24) is 59.5 Å². The highest BCUT2D eigenvalue weighted by atomic mass is 16.5. The first-order valence-electron chi connectivity index (χ1n) is 15.6. The van der Waals surface area contributed by atoms with Crippen molar-refractivity contribution in [2.24, 2.45) is 34.6 Å². The molecule has 0 saturated heterocycles. The Bertz CT molecular complexity index is 1930. The molecule has 0 aliphatic heterocycles. The van der Waals surface area contributed by atoms with Crippen LogP contribution >= 0.6 is 0 Å². The van der Waals surface area contributed by atoms with Crippen LogP contribution in [0.25, 0.3) is 11.6 Å². The van der Waals surface area contributed by atoms with E-state index in [1.54, 1.807) is 20.2 Å². The molecule has 0 aliphatic rings. The minimum absolute atomic E-state index is 0.0455. The van der Waals surface area contributed by atoms with Crippen molar-refractivity contribution in [2.75, 3.05) is 25.2 Å². The van der Waals surface area contributed by atoms with Crippen LogP contribution in [0.2, 0.25) is 0 Å². The lowest BCUT2D eigenvalue weighted by Gasteiger charge is -2.06. The van der Waals surface area contributed by atoms with Crippen LogP contribution in [-0.4, -0.2) is 90.1 Å². The van der Waals surface area contributed by atoms with Gasteiger partial charge < -0.3 is 21.3 Å². The Morgan fingerprint density at radius 2 is 1.28 bits per heavy atom. The maximum absolute atomic E-state index is 12.2. The number of nitrogens with zero attached hydrogens (tertiary/aromatic N) is 16. The quantitative estimate of drug-likeness (QED) is 0.0810. The van der Waals surface area contributed by atoms with E-state index in [-0.39, 0.29) is 57.7 Å². The van der Waals surface area contributed by atoms with Gasteiger partial charge in [-0.25, -0.2) is 24.1 Å². The predicted octanol–water partition coefficient (Wildman–Crippen LogP) is 2.75. The number of aliphatic hydroxyl groups excluding tert-OH is 1. The normalized spacial score (nSPS) is 11.7. The highest BCUT2D eigenvalue weighted by Crippen LogP contribution is 2.34. The summed E-state index contributed by atoms with van der Waals surface area (Å²) in [5.74, 6) is -0.443. The molecule has 5 aromatic heterocycles. The third kappa shape index (κ3) is 6.94. The molecule has 5 aromatic rings. The average Bonchev–Trinajstić information content (AvgIpc) is 3.86. The highest BCUT2D eigenvalue weighted by molar-refractivity contribution is 5.98. The monoisotopic (exact) mass is 688 g/mol. The van der Waals surface area contributed by atoms with Crippen molar-refractivity contribution < 1.29 is 19.4 Å². The molecule has 0 amide bonds. The number of aryl methyl sites for hydroxylation is 4. The van der Waals surface area contributed by atoms with Gasteiger partial charge >= 0.3 is 5.97 Å². The zero-order valence-corrected chi connectivity index (χ0v) is 28.1. The number of carbonyl (C=O) groups is 2. The summed E-state index contributed by atoms with van der Waals surface area (Å²) in [7, 11) is 4.33. The van der Waals surface area contributed by atoms with Crippen LogP contribution in [0.1, 0.15) is 71.9 Å². The minimum atomic E-state index is -0.761. The first kappa shape index (κ1) is 35.0. The van der Waals surface area contributed by atoms with Crippen LogP contribution in [0.3, 0.4) is 0 Å². The lowest BCUT2D eigenvalue weighted by molar-refractivity contribution is 0.0594. The van der Waals surface area contributed by atoms with E-state index < -0.39 is 18.4 Å². The van der Waals surface area contributed by atoms with Crippen molar-refractivity contribution in [3.63, 3.8) is 0 Å². The molecule has 0 unspecified atom stereocenters. The van der Waals surface area contributed by atoms with Crippen molar-refractivity contribution in [3.05, 3.63) is 35.2 Å². The van der Waals surface area contributed by atoms with Crippen molar-refractivity contribution in [3.8, 4) is 11.6 Å². The molecule has 0 atom stereocenters. The summed E-state index contributed by atoms with van der Waals surface area (Å²) in [5, 5.41) is 51.1. The molecule has 0 spiro atoms. The summed E-state index contributed by atoms with van der Waals surface area (Å²) in [6.07, 6.45) is 5.71. The number of ketones is 1. The first-order chi connectivity index (χ1) is 24.1. The van der Waals surface area contributed by atoms with E-state index in [0.29, 0.717) is 24.2 Å². The fraction of sp³-hybridized carbons (Fsp3) is 0.429. The van der Waals surface area contributed by atoms with E-state index in [1.807, 2.05) is 13.8 Å². The van der Waals surface area contributed by atoms with Crippen molar-refractivity contribution >= 4 is 46.4 Å². The van der Waals surface area contributed by atoms with E-state index >= 15 is 0 Å². The third-order valence-electron chi connectivity index (χ3n) is 7.41. The first-order valence-corrected chi connectivity index (χ1v) is 15.6. The molecular formula is C28H36N18O4. The Morgan fingerprint density at radius 1 is 0.800 bits per heavy atom. The number of unbranched alkanes of at least 4 members (excludes halogenated alkanes) is 2. The maximum atomic E-state index is 12.2.